The van der Waals surface area contributed by atoms with E-state index in [0.717, 1.165) is 56.8 Å². The van der Waals surface area contributed by atoms with E-state index in [1.54, 1.807) is 7.11 Å². The number of hydrogen-bond donors (Lipinski definition) is 1. The molecule has 1 N–H and O–H groups in total. The Labute approximate surface area is 149 Å². The predicted molar refractivity (Wildman–Crippen MR) is 98.8 cm³/mol. The summed E-state index contributed by atoms with van der Waals surface area (Å²) in [6, 6.07) is 8.10. The van der Waals surface area contributed by atoms with E-state index in [9.17, 15) is 9.90 Å². The number of rotatable bonds is 5. The van der Waals surface area contributed by atoms with Gasteiger partial charge in [0, 0.05) is 19.1 Å². The Hall–Kier alpha value is -1.85. The predicted octanol–water partition coefficient (Wildman–Crippen LogP) is 2.58. The molecule has 5 heteroatoms. The molecule has 2 atom stereocenters. The molecule has 2 aliphatic rings. The zero-order chi connectivity index (χ0) is 17.9. The number of hydrogen-bond acceptors (Lipinski definition) is 4. The monoisotopic (exact) mass is 344 g/mol. The Bertz CT molecular complexity index is 628. The molecule has 0 aliphatic carbocycles. The van der Waals surface area contributed by atoms with Crippen LogP contribution in [0.3, 0.4) is 0 Å². The maximum atomic E-state index is 11.9. The first-order valence-electron chi connectivity index (χ1n) is 9.02. The van der Waals surface area contributed by atoms with Gasteiger partial charge in [-0.05, 0) is 57.1 Å². The van der Waals surface area contributed by atoms with Gasteiger partial charge in [0.15, 0.2) is 0 Å². The summed E-state index contributed by atoms with van der Waals surface area (Å²) in [4.78, 5) is 16.6. The van der Waals surface area contributed by atoms with Crippen LogP contribution in [-0.2, 0) is 4.79 Å². The van der Waals surface area contributed by atoms with Gasteiger partial charge in [-0.2, -0.15) is 0 Å². The van der Waals surface area contributed by atoms with Gasteiger partial charge in [0.05, 0.1) is 12.5 Å². The van der Waals surface area contributed by atoms with Crippen LogP contribution in [0.2, 0.25) is 0 Å². The third-order valence-corrected chi connectivity index (χ3v) is 5.82. The van der Waals surface area contributed by atoms with E-state index in [4.69, 9.17) is 4.74 Å². The van der Waals surface area contributed by atoms with Crippen molar-refractivity contribution in [2.75, 3.05) is 40.3 Å². The van der Waals surface area contributed by atoms with Crippen LogP contribution in [0.1, 0.15) is 24.8 Å². The van der Waals surface area contributed by atoms with Crippen molar-refractivity contribution in [3.05, 3.63) is 35.9 Å². The molecule has 0 bridgehead atoms. The number of carboxylic acids is 1. The van der Waals surface area contributed by atoms with Crippen molar-refractivity contribution in [3.63, 3.8) is 0 Å². The SMILES string of the molecule is COc1ccc(C=CCN2CC[C@@]3(C(=O)O)CCCN(C)[C@@H]3C2)cc1. The molecule has 1 aromatic rings. The quantitative estimate of drug-likeness (QED) is 0.890. The lowest BCUT2D eigenvalue weighted by Crippen LogP contribution is -2.63. The number of likely N-dealkylation sites (tertiary alicyclic amines) is 2. The minimum absolute atomic E-state index is 0.113. The fraction of sp³-hybridized carbons (Fsp3) is 0.550. The van der Waals surface area contributed by atoms with E-state index in [1.807, 2.05) is 24.3 Å². The third kappa shape index (κ3) is 3.72. The van der Waals surface area contributed by atoms with Crippen LogP contribution in [0.15, 0.2) is 30.3 Å². The number of methoxy groups -OCH3 is 1. The standard InChI is InChI=1S/C20H28N2O3/c1-21-12-4-10-20(19(23)24)11-14-22(15-18(20)21)13-3-5-16-6-8-17(25-2)9-7-16/h3,5-9,18H,4,10-15H2,1-2H3,(H,23,24)/t18-,20+/m1/s1. The Kier molecular flexibility index (Phi) is 5.45. The number of nitrogens with zero attached hydrogens (tertiary/aromatic N) is 2. The number of carboxylic acid groups (broad SMARTS) is 1. The Morgan fingerprint density at radius 1 is 1.32 bits per heavy atom. The molecule has 0 spiro atoms. The molecule has 2 heterocycles. The molecule has 1 aromatic carbocycles. The molecule has 25 heavy (non-hydrogen) atoms. The van der Waals surface area contributed by atoms with Crippen LogP contribution < -0.4 is 4.74 Å². The number of piperidine rings is 2. The van der Waals surface area contributed by atoms with Crippen molar-refractivity contribution < 1.29 is 14.6 Å². The van der Waals surface area contributed by atoms with E-state index in [2.05, 4.69) is 29.0 Å². The zero-order valence-corrected chi connectivity index (χ0v) is 15.1. The summed E-state index contributed by atoms with van der Waals surface area (Å²) >= 11 is 0. The lowest BCUT2D eigenvalue weighted by Gasteiger charge is -2.51. The van der Waals surface area contributed by atoms with Crippen molar-refractivity contribution >= 4 is 12.0 Å². The van der Waals surface area contributed by atoms with Gasteiger partial charge in [0.2, 0.25) is 0 Å². The normalized spacial score (nSPS) is 28.0. The summed E-state index contributed by atoms with van der Waals surface area (Å²) in [6.45, 7) is 3.53. The van der Waals surface area contributed by atoms with Crippen molar-refractivity contribution in [2.45, 2.75) is 25.3 Å². The van der Waals surface area contributed by atoms with Gasteiger partial charge in [0.25, 0.3) is 0 Å². The Balaban J connectivity index is 1.61. The number of carbonyl (C=O) groups is 1. The maximum Gasteiger partial charge on any atom is 0.311 e. The molecule has 5 nitrogen and oxygen atoms in total. The first kappa shape index (κ1) is 18.0. The lowest BCUT2D eigenvalue weighted by atomic mass is 9.68. The van der Waals surface area contributed by atoms with Crippen LogP contribution in [0, 0.1) is 5.41 Å². The topological polar surface area (TPSA) is 53.0 Å². The van der Waals surface area contributed by atoms with Crippen LogP contribution in [0.5, 0.6) is 5.75 Å². The molecule has 0 radical (unpaired) electrons. The van der Waals surface area contributed by atoms with Gasteiger partial charge < -0.3 is 14.7 Å². The minimum atomic E-state index is -0.613. The second-order valence-corrected chi connectivity index (χ2v) is 7.25. The number of benzene rings is 1. The highest BCUT2D eigenvalue weighted by Crippen LogP contribution is 2.42. The fourth-order valence-corrected chi connectivity index (χ4v) is 4.26. The third-order valence-electron chi connectivity index (χ3n) is 5.82. The molecular formula is C20H28N2O3. The number of likely N-dealkylation sites (N-methyl/N-ethyl adjacent to an activating group) is 1. The van der Waals surface area contributed by atoms with E-state index in [-0.39, 0.29) is 6.04 Å². The molecular weight excluding hydrogens is 316 g/mol. The van der Waals surface area contributed by atoms with Crippen LogP contribution in [-0.4, -0.2) is 67.3 Å². The molecule has 0 aromatic heterocycles. The summed E-state index contributed by atoms with van der Waals surface area (Å²) in [5, 5.41) is 9.83. The van der Waals surface area contributed by atoms with Crippen molar-refractivity contribution in [3.8, 4) is 5.75 Å². The van der Waals surface area contributed by atoms with E-state index in [1.165, 1.54) is 0 Å². The Morgan fingerprint density at radius 3 is 2.76 bits per heavy atom. The summed E-state index contributed by atoms with van der Waals surface area (Å²) in [5.41, 5.74) is 0.593. The second kappa shape index (κ2) is 7.58. The highest BCUT2D eigenvalue weighted by molar-refractivity contribution is 5.76. The van der Waals surface area contributed by atoms with E-state index < -0.39 is 11.4 Å². The van der Waals surface area contributed by atoms with Gasteiger partial charge >= 0.3 is 5.97 Å². The van der Waals surface area contributed by atoms with Crippen molar-refractivity contribution in [1.29, 1.82) is 0 Å². The number of aliphatic carboxylic acids is 1. The smallest absolute Gasteiger partial charge is 0.311 e. The summed E-state index contributed by atoms with van der Waals surface area (Å²) in [7, 11) is 3.73. The largest absolute Gasteiger partial charge is 0.497 e. The maximum absolute atomic E-state index is 11.9. The highest BCUT2D eigenvalue weighted by Gasteiger charge is 2.51. The molecule has 0 unspecified atom stereocenters. The van der Waals surface area contributed by atoms with Crippen molar-refractivity contribution in [1.82, 2.24) is 9.80 Å². The average Bonchev–Trinajstić information content (AvgIpc) is 2.63. The van der Waals surface area contributed by atoms with Crippen molar-refractivity contribution in [2.24, 2.45) is 5.41 Å². The van der Waals surface area contributed by atoms with Gasteiger partial charge in [-0.3, -0.25) is 9.69 Å². The molecule has 2 fully saturated rings. The van der Waals surface area contributed by atoms with Crippen LogP contribution >= 0.6 is 0 Å². The molecule has 0 amide bonds. The van der Waals surface area contributed by atoms with Gasteiger partial charge in [0.1, 0.15) is 5.75 Å². The van der Waals surface area contributed by atoms with Gasteiger partial charge in [-0.1, -0.05) is 24.3 Å². The zero-order valence-electron chi connectivity index (χ0n) is 15.1. The van der Waals surface area contributed by atoms with Crippen LogP contribution in [0.25, 0.3) is 6.08 Å². The Morgan fingerprint density at radius 2 is 2.08 bits per heavy atom. The first-order chi connectivity index (χ1) is 12.0. The summed E-state index contributed by atoms with van der Waals surface area (Å²) < 4.78 is 5.17. The average molecular weight is 344 g/mol. The minimum Gasteiger partial charge on any atom is -0.497 e. The fourth-order valence-electron chi connectivity index (χ4n) is 4.26. The molecule has 136 valence electrons. The second-order valence-electron chi connectivity index (χ2n) is 7.25. The van der Waals surface area contributed by atoms with Crippen LogP contribution in [0.4, 0.5) is 0 Å². The number of fused-ring (bicyclic) bond motifs is 1. The molecule has 2 saturated heterocycles. The highest BCUT2D eigenvalue weighted by atomic mass is 16.5. The molecule has 0 saturated carbocycles. The summed E-state index contributed by atoms with van der Waals surface area (Å²) in [6.07, 6.45) is 6.82. The lowest BCUT2D eigenvalue weighted by molar-refractivity contribution is -0.162. The van der Waals surface area contributed by atoms with Gasteiger partial charge in [-0.25, -0.2) is 0 Å². The first-order valence-corrected chi connectivity index (χ1v) is 9.02. The summed E-state index contributed by atoms with van der Waals surface area (Å²) in [5.74, 6) is 0.246. The van der Waals surface area contributed by atoms with E-state index in [0.29, 0.717) is 0 Å². The number of ether oxygens (including phenoxy) is 1. The molecule has 3 rings (SSSR count). The van der Waals surface area contributed by atoms with E-state index >= 15 is 0 Å². The van der Waals surface area contributed by atoms with Gasteiger partial charge in [-0.15, -0.1) is 0 Å². The molecule has 2 aliphatic heterocycles.